The van der Waals surface area contributed by atoms with Crippen LogP contribution in [-0.4, -0.2) is 37.3 Å². The number of alkyl halides is 3. The Hall–Kier alpha value is -3.27. The van der Waals surface area contributed by atoms with Crippen LogP contribution < -0.4 is 0 Å². The van der Waals surface area contributed by atoms with Crippen LogP contribution in [0, 0.1) is 0 Å². The Labute approximate surface area is 172 Å². The number of carbonyl (C=O) groups is 1. The lowest BCUT2D eigenvalue weighted by Crippen LogP contribution is -2.40. The number of H-pyrrole nitrogens is 1. The average molecular weight is 429 g/mol. The molecule has 1 aliphatic heterocycles. The van der Waals surface area contributed by atoms with Gasteiger partial charge in [-0.2, -0.15) is 13.2 Å². The highest BCUT2D eigenvalue weighted by Gasteiger charge is 2.39. The van der Waals surface area contributed by atoms with E-state index in [9.17, 15) is 18.0 Å². The standard InChI is InChI=1S/C20H14F3N5OS/c21-20(22,23)19-25-9-15(30-19)18(29)28-6-5-13-16(27-10-26-13)17(28)14-7-11-3-1-2-4-12(11)8-24-14/h1-4,7-10,17H,5-6H2,(H,26,27)/t17-/m1/s1. The summed E-state index contributed by atoms with van der Waals surface area (Å²) in [5, 5.41) is 0.868. The summed E-state index contributed by atoms with van der Waals surface area (Å²) in [6.07, 6.45) is 0.209. The van der Waals surface area contributed by atoms with Gasteiger partial charge in [0.05, 0.1) is 23.9 Å². The average Bonchev–Trinajstić information content (AvgIpc) is 3.41. The molecule has 0 unspecified atom stereocenters. The minimum atomic E-state index is -4.58. The summed E-state index contributed by atoms with van der Waals surface area (Å²) in [4.78, 5) is 30.0. The van der Waals surface area contributed by atoms with Crippen LogP contribution in [0.15, 0.2) is 49.1 Å². The number of rotatable bonds is 2. The summed E-state index contributed by atoms with van der Waals surface area (Å²) in [6.45, 7) is 0.326. The van der Waals surface area contributed by atoms with Crippen molar-refractivity contribution in [2.75, 3.05) is 6.54 Å². The second-order valence-corrected chi connectivity index (χ2v) is 7.93. The van der Waals surface area contributed by atoms with Gasteiger partial charge in [-0.25, -0.2) is 9.97 Å². The van der Waals surface area contributed by atoms with Crippen molar-refractivity contribution in [2.45, 2.75) is 18.6 Å². The van der Waals surface area contributed by atoms with Crippen molar-refractivity contribution in [2.24, 2.45) is 0 Å². The normalized spacial score (nSPS) is 16.6. The molecule has 1 N–H and O–H groups in total. The maximum Gasteiger partial charge on any atom is 0.443 e. The minimum Gasteiger partial charge on any atom is -0.348 e. The molecular weight excluding hydrogens is 415 g/mol. The van der Waals surface area contributed by atoms with Crippen molar-refractivity contribution in [3.63, 3.8) is 0 Å². The number of fused-ring (bicyclic) bond motifs is 2. The number of thiazole rings is 1. The number of nitrogens with one attached hydrogen (secondary N) is 1. The first-order valence-corrected chi connectivity index (χ1v) is 9.94. The molecule has 0 spiro atoms. The summed E-state index contributed by atoms with van der Waals surface area (Å²) < 4.78 is 38.9. The molecule has 0 saturated heterocycles. The van der Waals surface area contributed by atoms with E-state index in [-0.39, 0.29) is 4.88 Å². The number of pyridine rings is 1. The molecule has 0 fully saturated rings. The summed E-state index contributed by atoms with van der Waals surface area (Å²) in [5.41, 5.74) is 2.15. The Morgan fingerprint density at radius 2 is 1.93 bits per heavy atom. The summed E-state index contributed by atoms with van der Waals surface area (Å²) in [5.74, 6) is -0.517. The lowest BCUT2D eigenvalue weighted by Gasteiger charge is -2.34. The topological polar surface area (TPSA) is 74.8 Å². The molecule has 0 aliphatic carbocycles. The van der Waals surface area contributed by atoms with Gasteiger partial charge >= 0.3 is 6.18 Å². The number of aromatic amines is 1. The van der Waals surface area contributed by atoms with Crippen molar-refractivity contribution < 1.29 is 18.0 Å². The predicted molar refractivity (Wildman–Crippen MR) is 104 cm³/mol. The van der Waals surface area contributed by atoms with Gasteiger partial charge in [-0.3, -0.25) is 9.78 Å². The van der Waals surface area contributed by atoms with Crippen LogP contribution in [0.2, 0.25) is 0 Å². The molecule has 1 aliphatic rings. The number of imidazole rings is 1. The van der Waals surface area contributed by atoms with Crippen molar-refractivity contribution >= 4 is 28.0 Å². The number of carbonyl (C=O) groups excluding carboxylic acids is 1. The fourth-order valence-corrected chi connectivity index (χ4v) is 4.43. The van der Waals surface area contributed by atoms with Gasteiger partial charge < -0.3 is 9.88 Å². The van der Waals surface area contributed by atoms with Crippen molar-refractivity contribution in [1.29, 1.82) is 0 Å². The molecule has 1 aromatic carbocycles. The molecule has 0 saturated carbocycles. The molecule has 1 atom stereocenters. The highest BCUT2D eigenvalue weighted by molar-refractivity contribution is 7.13. The summed E-state index contributed by atoms with van der Waals surface area (Å²) in [6, 6.07) is 8.98. The van der Waals surface area contributed by atoms with Gasteiger partial charge in [0.15, 0.2) is 5.01 Å². The van der Waals surface area contributed by atoms with Gasteiger partial charge in [0.1, 0.15) is 10.9 Å². The molecule has 152 valence electrons. The Kier molecular flexibility index (Phi) is 4.31. The number of hydrogen-bond acceptors (Lipinski definition) is 5. The largest absolute Gasteiger partial charge is 0.443 e. The fourth-order valence-electron chi connectivity index (χ4n) is 3.69. The third kappa shape index (κ3) is 3.13. The van der Waals surface area contributed by atoms with Gasteiger partial charge in [-0.05, 0) is 11.5 Å². The monoisotopic (exact) mass is 429 g/mol. The Morgan fingerprint density at radius 1 is 1.13 bits per heavy atom. The highest BCUT2D eigenvalue weighted by atomic mass is 32.1. The Bertz CT molecular complexity index is 1250. The lowest BCUT2D eigenvalue weighted by atomic mass is 9.98. The first-order chi connectivity index (χ1) is 14.4. The van der Waals surface area contributed by atoms with Gasteiger partial charge in [0.2, 0.25) is 0 Å². The molecular formula is C20H14F3N5OS. The first kappa shape index (κ1) is 18.7. The minimum absolute atomic E-state index is 0.0629. The first-order valence-electron chi connectivity index (χ1n) is 9.12. The number of amides is 1. The SMILES string of the molecule is O=C(c1cnc(C(F)(F)F)s1)N1CCc2[nH]cnc2[C@H]1c1cc2ccccc2cn1. The highest BCUT2D eigenvalue weighted by Crippen LogP contribution is 2.37. The van der Waals surface area contributed by atoms with Crippen molar-refractivity contribution in [3.8, 4) is 0 Å². The summed E-state index contributed by atoms with van der Waals surface area (Å²) in [7, 11) is 0. The fraction of sp³-hybridized carbons (Fsp3) is 0.200. The van der Waals surface area contributed by atoms with E-state index in [1.807, 2.05) is 30.3 Å². The van der Waals surface area contributed by atoms with Crippen LogP contribution >= 0.6 is 11.3 Å². The van der Waals surface area contributed by atoms with E-state index in [1.54, 1.807) is 12.5 Å². The molecule has 4 heterocycles. The number of benzene rings is 1. The smallest absolute Gasteiger partial charge is 0.348 e. The molecule has 0 bridgehead atoms. The van der Waals surface area contributed by atoms with E-state index in [4.69, 9.17) is 0 Å². The molecule has 0 radical (unpaired) electrons. The Balaban J connectivity index is 1.58. The number of nitrogens with zero attached hydrogens (tertiary/aromatic N) is 4. The van der Waals surface area contributed by atoms with Crippen molar-refractivity contribution in [1.82, 2.24) is 24.8 Å². The molecule has 4 aromatic rings. The van der Waals surface area contributed by atoms with E-state index in [0.29, 0.717) is 35.7 Å². The zero-order chi connectivity index (χ0) is 20.9. The van der Waals surface area contributed by atoms with E-state index in [0.717, 1.165) is 22.7 Å². The molecule has 1 amide bonds. The molecule has 5 rings (SSSR count). The predicted octanol–water partition coefficient (Wildman–Crippen LogP) is 4.22. The number of aromatic nitrogens is 4. The number of hydrogen-bond donors (Lipinski definition) is 1. The second-order valence-electron chi connectivity index (χ2n) is 6.90. The van der Waals surface area contributed by atoms with Crippen molar-refractivity contribution in [3.05, 3.63) is 76.0 Å². The third-order valence-corrected chi connectivity index (χ3v) is 6.11. The number of halogens is 3. The Morgan fingerprint density at radius 3 is 2.70 bits per heavy atom. The zero-order valence-electron chi connectivity index (χ0n) is 15.3. The maximum atomic E-state index is 13.2. The van der Waals surface area contributed by atoms with Crippen LogP contribution in [0.1, 0.15) is 37.8 Å². The zero-order valence-corrected chi connectivity index (χ0v) is 16.2. The van der Waals surface area contributed by atoms with Gasteiger partial charge in [0, 0.05) is 30.2 Å². The second kappa shape index (κ2) is 6.91. The molecule has 10 heteroatoms. The molecule has 6 nitrogen and oxygen atoms in total. The quantitative estimate of drug-likeness (QED) is 0.518. The van der Waals surface area contributed by atoms with Gasteiger partial charge in [-0.15, -0.1) is 11.3 Å². The molecule has 30 heavy (non-hydrogen) atoms. The van der Waals surface area contributed by atoms with Crippen LogP contribution in [0.4, 0.5) is 13.2 Å². The maximum absolute atomic E-state index is 13.2. The molecule has 3 aromatic heterocycles. The van der Waals surface area contributed by atoms with Crippen LogP contribution in [0.5, 0.6) is 0 Å². The third-order valence-electron chi connectivity index (χ3n) is 5.08. The van der Waals surface area contributed by atoms with Crippen LogP contribution in [0.3, 0.4) is 0 Å². The van der Waals surface area contributed by atoms with Gasteiger partial charge in [-0.1, -0.05) is 24.3 Å². The van der Waals surface area contributed by atoms with Crippen LogP contribution in [0.25, 0.3) is 10.8 Å². The van der Waals surface area contributed by atoms with Crippen LogP contribution in [-0.2, 0) is 12.6 Å². The van der Waals surface area contributed by atoms with E-state index >= 15 is 0 Å². The van der Waals surface area contributed by atoms with E-state index in [2.05, 4.69) is 19.9 Å². The summed E-state index contributed by atoms with van der Waals surface area (Å²) >= 11 is 0.349. The van der Waals surface area contributed by atoms with E-state index in [1.165, 1.54) is 4.90 Å². The lowest BCUT2D eigenvalue weighted by molar-refractivity contribution is -0.137. The van der Waals surface area contributed by atoms with Gasteiger partial charge in [0.25, 0.3) is 5.91 Å². The van der Waals surface area contributed by atoms with E-state index < -0.39 is 23.1 Å².